The smallest absolute Gasteiger partial charge is 0.235 e. The fourth-order valence-corrected chi connectivity index (χ4v) is 6.82. The number of aromatic nitrogens is 3. The van der Waals surface area contributed by atoms with Crippen LogP contribution in [0.25, 0.3) is 11.4 Å². The van der Waals surface area contributed by atoms with Crippen molar-refractivity contribution in [2.45, 2.75) is 72.0 Å². The number of hydrogen-bond acceptors (Lipinski definition) is 6. The van der Waals surface area contributed by atoms with E-state index in [1.54, 1.807) is 11.3 Å². The number of hydrogen-bond donors (Lipinski definition) is 1. The van der Waals surface area contributed by atoms with Crippen molar-refractivity contribution in [2.75, 3.05) is 11.1 Å². The van der Waals surface area contributed by atoms with Crippen LogP contribution in [0.4, 0.5) is 5.00 Å². The van der Waals surface area contributed by atoms with Gasteiger partial charge in [0.05, 0.1) is 11.3 Å². The Morgan fingerprint density at radius 1 is 1.34 bits per heavy atom. The largest absolute Gasteiger partial charge is 0.316 e. The molecule has 0 saturated heterocycles. The molecule has 2 aromatic heterocycles. The van der Waals surface area contributed by atoms with Crippen LogP contribution in [0.5, 0.6) is 0 Å². The maximum absolute atomic E-state index is 12.9. The number of nitrogens with one attached hydrogen (secondary N) is 1. The average Bonchev–Trinajstić information content (AvgIpc) is 3.42. The Balaban J connectivity index is 1.45. The Kier molecular flexibility index (Phi) is 7.67. The Labute approximate surface area is 216 Å². The van der Waals surface area contributed by atoms with Gasteiger partial charge in [0.2, 0.25) is 5.91 Å². The van der Waals surface area contributed by atoms with Crippen molar-refractivity contribution in [3.63, 3.8) is 0 Å². The third-order valence-corrected chi connectivity index (χ3v) is 9.42. The molecule has 1 aliphatic rings. The second-order valence-corrected chi connectivity index (χ2v) is 11.9. The van der Waals surface area contributed by atoms with E-state index in [2.05, 4.69) is 68.3 Å². The third-order valence-electron chi connectivity index (χ3n) is 7.29. The molecule has 1 amide bonds. The van der Waals surface area contributed by atoms with E-state index < -0.39 is 0 Å². The number of anilines is 1. The second kappa shape index (κ2) is 10.5. The number of thiophene rings is 1. The molecule has 1 aromatic carbocycles. The van der Waals surface area contributed by atoms with Crippen LogP contribution in [-0.2, 0) is 24.2 Å². The lowest BCUT2D eigenvalue weighted by molar-refractivity contribution is -0.113. The van der Waals surface area contributed by atoms with Gasteiger partial charge < -0.3 is 9.88 Å². The first kappa shape index (κ1) is 25.5. The topological polar surface area (TPSA) is 83.6 Å². The van der Waals surface area contributed by atoms with Crippen LogP contribution >= 0.6 is 23.1 Å². The van der Waals surface area contributed by atoms with Gasteiger partial charge in [0.1, 0.15) is 11.1 Å². The van der Waals surface area contributed by atoms with E-state index in [1.807, 2.05) is 16.7 Å². The molecule has 8 heteroatoms. The first-order chi connectivity index (χ1) is 16.8. The Morgan fingerprint density at radius 2 is 2.14 bits per heavy atom. The number of carbonyl (C=O) groups excluding carboxylic acids is 1. The van der Waals surface area contributed by atoms with E-state index in [0.29, 0.717) is 23.0 Å². The monoisotopic (exact) mass is 507 g/mol. The van der Waals surface area contributed by atoms with Crippen LogP contribution in [0.3, 0.4) is 0 Å². The van der Waals surface area contributed by atoms with Crippen molar-refractivity contribution in [1.82, 2.24) is 14.8 Å². The molecule has 1 N–H and O–H groups in total. The summed E-state index contributed by atoms with van der Waals surface area (Å²) in [6.45, 7) is 11.7. The molecule has 3 aromatic rings. The Morgan fingerprint density at radius 3 is 2.83 bits per heavy atom. The van der Waals surface area contributed by atoms with E-state index in [0.717, 1.165) is 47.8 Å². The van der Waals surface area contributed by atoms with E-state index in [4.69, 9.17) is 0 Å². The van der Waals surface area contributed by atoms with Crippen molar-refractivity contribution in [3.05, 3.63) is 45.8 Å². The summed E-state index contributed by atoms with van der Waals surface area (Å²) in [5.41, 5.74) is 4.24. The molecule has 1 unspecified atom stereocenters. The van der Waals surface area contributed by atoms with Crippen LogP contribution in [0.2, 0.25) is 0 Å². The van der Waals surface area contributed by atoms with Gasteiger partial charge in [-0.15, -0.1) is 21.5 Å². The fourth-order valence-electron chi connectivity index (χ4n) is 4.72. The maximum atomic E-state index is 12.9. The lowest BCUT2D eigenvalue weighted by Crippen LogP contribution is -2.28. The molecule has 0 radical (unpaired) electrons. The molecule has 0 saturated carbocycles. The number of benzene rings is 1. The Hall–Kier alpha value is -2.63. The van der Waals surface area contributed by atoms with Crippen LogP contribution in [0, 0.1) is 29.6 Å². The van der Waals surface area contributed by atoms with Crippen molar-refractivity contribution in [2.24, 2.45) is 11.3 Å². The van der Waals surface area contributed by atoms with Gasteiger partial charge in [-0.25, -0.2) is 0 Å². The number of aryl methyl sites for hydroxylation is 1. The van der Waals surface area contributed by atoms with Crippen LogP contribution < -0.4 is 5.32 Å². The van der Waals surface area contributed by atoms with Gasteiger partial charge in [-0.05, 0) is 56.1 Å². The van der Waals surface area contributed by atoms with E-state index in [9.17, 15) is 10.1 Å². The molecule has 0 fully saturated rings. The van der Waals surface area contributed by atoms with Crippen molar-refractivity contribution in [1.29, 1.82) is 5.26 Å². The number of rotatable bonds is 8. The van der Waals surface area contributed by atoms with Crippen molar-refractivity contribution in [3.8, 4) is 17.5 Å². The van der Waals surface area contributed by atoms with Gasteiger partial charge in [0.15, 0.2) is 11.0 Å². The molecular weight excluding hydrogens is 474 g/mol. The van der Waals surface area contributed by atoms with Gasteiger partial charge in [-0.2, -0.15) is 5.26 Å². The summed E-state index contributed by atoms with van der Waals surface area (Å²) < 4.78 is 2.03. The number of nitriles is 1. The predicted octanol–water partition coefficient (Wildman–Crippen LogP) is 6.48. The van der Waals surface area contributed by atoms with Gasteiger partial charge in [0, 0.05) is 17.0 Å². The standard InChI is InChI=1S/C27H33N5OS2/c1-6-27(4,5)19-11-12-20-21(15-28)25(35-22(20)14-19)29-23(33)16-34-26-31-30-24(32(26)7-2)18-10-8-9-17(3)13-18/h8-10,13,19H,6-7,11-12,14,16H2,1-5H3,(H,29,33). The molecule has 184 valence electrons. The minimum absolute atomic E-state index is 0.127. The molecule has 6 nitrogen and oxygen atoms in total. The molecular formula is C27H33N5OS2. The molecule has 0 spiro atoms. The SMILES string of the molecule is CCn1c(SCC(=O)Nc2sc3c(c2C#N)CCC(C(C)(C)CC)C3)nnc1-c1cccc(C)c1. The summed E-state index contributed by atoms with van der Waals surface area (Å²) in [6.07, 6.45) is 4.13. The summed E-state index contributed by atoms with van der Waals surface area (Å²) in [6, 6.07) is 10.5. The number of carbonyl (C=O) groups is 1. The minimum atomic E-state index is -0.127. The lowest BCUT2D eigenvalue weighted by atomic mass is 9.69. The van der Waals surface area contributed by atoms with Crippen LogP contribution in [0.1, 0.15) is 62.1 Å². The number of nitrogens with zero attached hydrogens (tertiary/aromatic N) is 4. The normalized spacial score (nSPS) is 15.5. The molecule has 35 heavy (non-hydrogen) atoms. The molecule has 0 bridgehead atoms. The van der Waals surface area contributed by atoms with Gasteiger partial charge in [-0.1, -0.05) is 62.7 Å². The fraction of sp³-hybridized carbons (Fsp3) is 0.481. The van der Waals surface area contributed by atoms with E-state index in [1.165, 1.54) is 22.2 Å². The summed E-state index contributed by atoms with van der Waals surface area (Å²) in [5, 5.41) is 23.0. The third kappa shape index (κ3) is 5.31. The number of thioether (sulfide) groups is 1. The predicted molar refractivity (Wildman–Crippen MR) is 144 cm³/mol. The van der Waals surface area contributed by atoms with E-state index >= 15 is 0 Å². The van der Waals surface area contributed by atoms with Gasteiger partial charge in [0.25, 0.3) is 0 Å². The van der Waals surface area contributed by atoms with Crippen LogP contribution in [-0.4, -0.2) is 26.4 Å². The second-order valence-electron chi connectivity index (χ2n) is 9.86. The summed E-state index contributed by atoms with van der Waals surface area (Å²) in [4.78, 5) is 14.1. The zero-order chi connectivity index (χ0) is 25.2. The summed E-state index contributed by atoms with van der Waals surface area (Å²) in [5.74, 6) is 1.50. The zero-order valence-electron chi connectivity index (χ0n) is 21.1. The first-order valence-corrected chi connectivity index (χ1v) is 14.0. The Bertz CT molecular complexity index is 1270. The highest BCUT2D eigenvalue weighted by molar-refractivity contribution is 7.99. The average molecular weight is 508 g/mol. The minimum Gasteiger partial charge on any atom is -0.316 e. The van der Waals surface area contributed by atoms with Crippen LogP contribution in [0.15, 0.2) is 29.4 Å². The van der Waals surface area contributed by atoms with Gasteiger partial charge >= 0.3 is 0 Å². The van der Waals surface area contributed by atoms with Crippen molar-refractivity contribution >= 4 is 34.0 Å². The highest BCUT2D eigenvalue weighted by Gasteiger charge is 2.34. The molecule has 4 rings (SSSR count). The summed E-state index contributed by atoms with van der Waals surface area (Å²) >= 11 is 2.95. The van der Waals surface area contributed by atoms with Gasteiger partial charge in [-0.3, -0.25) is 4.79 Å². The highest BCUT2D eigenvalue weighted by atomic mass is 32.2. The molecule has 1 aliphatic carbocycles. The molecule has 1 atom stereocenters. The maximum Gasteiger partial charge on any atom is 0.235 e. The number of amides is 1. The zero-order valence-corrected chi connectivity index (χ0v) is 22.8. The lowest BCUT2D eigenvalue weighted by Gasteiger charge is -2.36. The summed E-state index contributed by atoms with van der Waals surface area (Å²) in [7, 11) is 0. The number of fused-ring (bicyclic) bond motifs is 1. The molecule has 2 heterocycles. The quantitative estimate of drug-likeness (QED) is 0.353. The van der Waals surface area contributed by atoms with Crippen molar-refractivity contribution < 1.29 is 4.79 Å². The first-order valence-electron chi connectivity index (χ1n) is 12.2. The highest BCUT2D eigenvalue weighted by Crippen LogP contribution is 2.45. The molecule has 0 aliphatic heterocycles. The van der Waals surface area contributed by atoms with E-state index in [-0.39, 0.29) is 17.1 Å².